The molecule has 0 spiro atoms. The molecular weight excluding hydrogens is 514 g/mol. The third-order valence-corrected chi connectivity index (χ3v) is 8.70. The van der Waals surface area contributed by atoms with Crippen LogP contribution in [0.3, 0.4) is 0 Å². The van der Waals surface area contributed by atoms with Gasteiger partial charge in [-0.15, -0.1) is 23.1 Å². The summed E-state index contributed by atoms with van der Waals surface area (Å²) in [5.74, 6) is 0.572. The first-order valence-corrected chi connectivity index (χ1v) is 14.5. The molecule has 4 heterocycles. The minimum atomic E-state index is -0.281. The normalized spacial score (nSPS) is 15.7. The number of hydrogen-bond donors (Lipinski definition) is 1. The van der Waals surface area contributed by atoms with Gasteiger partial charge in [-0.2, -0.15) is 5.10 Å². The van der Waals surface area contributed by atoms with Gasteiger partial charge >= 0.3 is 0 Å². The van der Waals surface area contributed by atoms with Crippen LogP contribution in [-0.4, -0.2) is 38.9 Å². The molecule has 3 aromatic heterocycles. The van der Waals surface area contributed by atoms with E-state index in [-0.39, 0.29) is 34.8 Å². The summed E-state index contributed by atoms with van der Waals surface area (Å²) in [5.41, 5.74) is 4.39. The molecule has 0 fully saturated rings. The number of aryl methyl sites for hydroxylation is 1. The molecule has 0 saturated carbocycles. The number of carbonyl (C=O) groups is 2. The summed E-state index contributed by atoms with van der Waals surface area (Å²) in [4.78, 5) is 33.9. The topological polar surface area (TPSA) is 80.1 Å². The molecule has 0 saturated heterocycles. The monoisotopic (exact) mass is 545 g/mol. The Kier molecular flexibility index (Phi) is 7.40. The highest BCUT2D eigenvalue weighted by molar-refractivity contribution is 8.00. The molecule has 1 aromatic carbocycles. The molecule has 2 amide bonds. The number of fused-ring (bicyclic) bond motifs is 1. The summed E-state index contributed by atoms with van der Waals surface area (Å²) in [6.45, 7) is 8.66. The molecule has 196 valence electrons. The number of nitrogens with one attached hydrogen (secondary N) is 1. The van der Waals surface area contributed by atoms with Crippen LogP contribution in [0, 0.1) is 6.92 Å². The SMILES string of the molecule is Cc1ccc(-n2nc(C(C)(C)C)c3c2N(CC(=O)NCc2ccccn2)C(=O)CSC3c2cccs2)cc1. The van der Waals surface area contributed by atoms with E-state index in [0.717, 1.165) is 28.2 Å². The zero-order valence-electron chi connectivity index (χ0n) is 22.0. The van der Waals surface area contributed by atoms with E-state index in [2.05, 4.69) is 42.5 Å². The molecule has 1 aliphatic rings. The zero-order valence-corrected chi connectivity index (χ0v) is 23.6. The second-order valence-corrected chi connectivity index (χ2v) is 12.4. The number of thioether (sulfide) groups is 1. The predicted molar refractivity (Wildman–Crippen MR) is 154 cm³/mol. The van der Waals surface area contributed by atoms with E-state index in [0.29, 0.717) is 12.4 Å². The summed E-state index contributed by atoms with van der Waals surface area (Å²) in [6.07, 6.45) is 1.70. The molecule has 1 unspecified atom stereocenters. The van der Waals surface area contributed by atoms with Crippen molar-refractivity contribution in [2.75, 3.05) is 17.2 Å². The van der Waals surface area contributed by atoms with Crippen LogP contribution in [0.15, 0.2) is 66.2 Å². The Balaban J connectivity index is 1.62. The van der Waals surface area contributed by atoms with Gasteiger partial charge < -0.3 is 5.32 Å². The van der Waals surface area contributed by atoms with E-state index >= 15 is 0 Å². The Morgan fingerprint density at radius 2 is 1.89 bits per heavy atom. The van der Waals surface area contributed by atoms with Crippen molar-refractivity contribution in [3.63, 3.8) is 0 Å². The smallest absolute Gasteiger partial charge is 0.240 e. The lowest BCUT2D eigenvalue weighted by Crippen LogP contribution is -2.42. The second-order valence-electron chi connectivity index (χ2n) is 10.4. The van der Waals surface area contributed by atoms with Crippen molar-refractivity contribution in [2.24, 2.45) is 0 Å². The number of aromatic nitrogens is 3. The summed E-state index contributed by atoms with van der Waals surface area (Å²) < 4.78 is 1.85. The van der Waals surface area contributed by atoms with Gasteiger partial charge in [0.15, 0.2) is 0 Å². The molecule has 7 nitrogen and oxygen atoms in total. The van der Waals surface area contributed by atoms with Gasteiger partial charge in [-0.3, -0.25) is 19.5 Å². The first-order chi connectivity index (χ1) is 18.2. The van der Waals surface area contributed by atoms with Gasteiger partial charge in [-0.1, -0.05) is 50.6 Å². The number of anilines is 1. The predicted octanol–water partition coefficient (Wildman–Crippen LogP) is 5.42. The van der Waals surface area contributed by atoms with E-state index in [1.165, 1.54) is 4.88 Å². The number of pyridine rings is 1. The van der Waals surface area contributed by atoms with Crippen LogP contribution in [0.1, 0.15) is 53.4 Å². The van der Waals surface area contributed by atoms with Gasteiger partial charge in [0.2, 0.25) is 11.8 Å². The van der Waals surface area contributed by atoms with Crippen LogP contribution in [0.2, 0.25) is 0 Å². The third-order valence-electron chi connectivity index (χ3n) is 6.37. The first-order valence-electron chi connectivity index (χ1n) is 12.5. The maximum Gasteiger partial charge on any atom is 0.240 e. The van der Waals surface area contributed by atoms with Crippen LogP contribution in [0.4, 0.5) is 5.82 Å². The minimum Gasteiger partial charge on any atom is -0.349 e. The fourth-order valence-corrected chi connectivity index (χ4v) is 6.67. The lowest BCUT2D eigenvalue weighted by Gasteiger charge is -2.24. The van der Waals surface area contributed by atoms with Crippen molar-refractivity contribution in [3.8, 4) is 5.69 Å². The van der Waals surface area contributed by atoms with Crippen molar-refractivity contribution >= 4 is 40.7 Å². The Morgan fingerprint density at radius 3 is 2.55 bits per heavy atom. The Hall–Kier alpha value is -3.43. The van der Waals surface area contributed by atoms with Gasteiger partial charge in [0.05, 0.1) is 34.6 Å². The summed E-state index contributed by atoms with van der Waals surface area (Å²) >= 11 is 3.28. The van der Waals surface area contributed by atoms with E-state index < -0.39 is 0 Å². The summed E-state index contributed by atoms with van der Waals surface area (Å²) in [6, 6.07) is 17.8. The van der Waals surface area contributed by atoms with Crippen molar-refractivity contribution in [1.29, 1.82) is 0 Å². The molecule has 0 bridgehead atoms. The zero-order chi connectivity index (χ0) is 26.9. The average molecular weight is 546 g/mol. The summed E-state index contributed by atoms with van der Waals surface area (Å²) in [5, 5.41) is 10.0. The van der Waals surface area contributed by atoms with Crippen molar-refractivity contribution < 1.29 is 9.59 Å². The number of benzene rings is 1. The number of carbonyl (C=O) groups excluding carboxylic acids is 2. The van der Waals surface area contributed by atoms with Crippen molar-refractivity contribution in [1.82, 2.24) is 20.1 Å². The molecule has 4 aromatic rings. The van der Waals surface area contributed by atoms with Gasteiger partial charge in [-0.25, -0.2) is 4.68 Å². The Bertz CT molecular complexity index is 1420. The maximum absolute atomic E-state index is 13.7. The molecule has 1 atom stereocenters. The lowest BCUT2D eigenvalue weighted by atomic mass is 9.88. The maximum atomic E-state index is 13.7. The molecule has 1 N–H and O–H groups in total. The average Bonchev–Trinajstić information content (AvgIpc) is 3.54. The van der Waals surface area contributed by atoms with Gasteiger partial charge in [0.1, 0.15) is 12.4 Å². The highest BCUT2D eigenvalue weighted by Crippen LogP contribution is 2.49. The number of amides is 2. The van der Waals surface area contributed by atoms with E-state index in [9.17, 15) is 9.59 Å². The van der Waals surface area contributed by atoms with E-state index in [1.807, 2.05) is 60.1 Å². The van der Waals surface area contributed by atoms with Crippen LogP contribution in [0.5, 0.6) is 0 Å². The Labute approximate surface area is 231 Å². The third kappa shape index (κ3) is 5.39. The molecule has 1 aliphatic heterocycles. The van der Waals surface area contributed by atoms with Gasteiger partial charge in [-0.05, 0) is 42.6 Å². The molecular formula is C29H31N5O2S2. The standard InChI is InChI=1S/C29H31N5O2S2/c1-19-10-12-21(13-11-19)34-28-25(27(32-34)29(2,3)4)26(22-9-7-15-37-22)38-18-24(36)33(28)17-23(35)31-16-20-8-5-6-14-30-20/h5-15,26H,16-18H2,1-4H3,(H,31,35). The number of thiophene rings is 1. The fraction of sp³-hybridized carbons (Fsp3) is 0.310. The number of nitrogens with zero attached hydrogens (tertiary/aromatic N) is 4. The number of rotatable bonds is 6. The van der Waals surface area contributed by atoms with E-state index in [4.69, 9.17) is 5.10 Å². The molecule has 0 radical (unpaired) electrons. The summed E-state index contributed by atoms with van der Waals surface area (Å²) in [7, 11) is 0. The Morgan fingerprint density at radius 1 is 1.11 bits per heavy atom. The highest BCUT2D eigenvalue weighted by Gasteiger charge is 2.40. The van der Waals surface area contributed by atoms with Crippen molar-refractivity contribution in [2.45, 2.75) is 44.9 Å². The van der Waals surface area contributed by atoms with Crippen molar-refractivity contribution in [3.05, 3.63) is 93.6 Å². The van der Waals surface area contributed by atoms with Gasteiger partial charge in [0.25, 0.3) is 0 Å². The highest BCUT2D eigenvalue weighted by atomic mass is 32.2. The number of hydrogen-bond acceptors (Lipinski definition) is 6. The fourth-order valence-electron chi connectivity index (χ4n) is 4.50. The molecule has 38 heavy (non-hydrogen) atoms. The molecule has 0 aliphatic carbocycles. The molecule has 5 rings (SSSR count). The van der Waals surface area contributed by atoms with Crippen LogP contribution >= 0.6 is 23.1 Å². The largest absolute Gasteiger partial charge is 0.349 e. The quantitative estimate of drug-likeness (QED) is 0.350. The minimum absolute atomic E-state index is 0.0658. The van der Waals surface area contributed by atoms with Crippen LogP contribution < -0.4 is 10.2 Å². The first kappa shape index (κ1) is 26.2. The van der Waals surface area contributed by atoms with Gasteiger partial charge in [0, 0.05) is 22.1 Å². The van der Waals surface area contributed by atoms with E-state index in [1.54, 1.807) is 34.2 Å². The lowest BCUT2D eigenvalue weighted by molar-refractivity contribution is -0.123. The van der Waals surface area contributed by atoms with Crippen LogP contribution in [-0.2, 0) is 21.5 Å². The van der Waals surface area contributed by atoms with Crippen LogP contribution in [0.25, 0.3) is 5.69 Å². The second kappa shape index (κ2) is 10.7. The molecule has 9 heteroatoms.